The van der Waals surface area contributed by atoms with E-state index in [0.717, 1.165) is 43.1 Å². The first-order chi connectivity index (χ1) is 11.2. The third-order valence-corrected chi connectivity index (χ3v) is 4.72. The number of pyridine rings is 1. The van der Waals surface area contributed by atoms with Crippen LogP contribution in [0.25, 0.3) is 11.4 Å². The molecule has 2 aromatic rings. The lowest BCUT2D eigenvalue weighted by molar-refractivity contribution is -0.129. The van der Waals surface area contributed by atoms with Gasteiger partial charge >= 0.3 is 0 Å². The molecule has 0 aromatic carbocycles. The van der Waals surface area contributed by atoms with Crippen LogP contribution in [0.15, 0.2) is 18.5 Å². The fourth-order valence-corrected chi connectivity index (χ4v) is 3.22. The van der Waals surface area contributed by atoms with Crippen LogP contribution in [0, 0.1) is 6.07 Å². The molecule has 2 aromatic heterocycles. The fourth-order valence-electron chi connectivity index (χ4n) is 3.22. The van der Waals surface area contributed by atoms with Gasteiger partial charge in [-0.2, -0.15) is 5.10 Å². The maximum Gasteiger partial charge on any atom is 0.219 e. The van der Waals surface area contributed by atoms with Gasteiger partial charge in [-0.05, 0) is 31.7 Å². The van der Waals surface area contributed by atoms with Gasteiger partial charge in [0.05, 0.1) is 6.04 Å². The molecule has 6 nitrogen and oxygen atoms in total. The third kappa shape index (κ3) is 2.85. The first-order valence-electron chi connectivity index (χ1n) is 8.26. The van der Waals surface area contributed by atoms with Crippen molar-refractivity contribution in [2.45, 2.75) is 44.6 Å². The Balaban J connectivity index is 1.61. The van der Waals surface area contributed by atoms with Crippen LogP contribution in [-0.2, 0) is 4.79 Å². The van der Waals surface area contributed by atoms with Crippen LogP contribution in [0.2, 0.25) is 0 Å². The summed E-state index contributed by atoms with van der Waals surface area (Å²) in [5.41, 5.74) is 0.911. The zero-order valence-electron chi connectivity index (χ0n) is 13.3. The number of carbonyl (C=O) groups excluding carboxylic acids is 1. The number of rotatable bonds is 3. The van der Waals surface area contributed by atoms with E-state index in [9.17, 15) is 4.79 Å². The molecule has 23 heavy (non-hydrogen) atoms. The Kier molecular flexibility index (Phi) is 3.59. The van der Waals surface area contributed by atoms with Crippen molar-refractivity contribution in [2.24, 2.45) is 0 Å². The van der Waals surface area contributed by atoms with Crippen molar-refractivity contribution in [1.82, 2.24) is 24.6 Å². The lowest BCUT2D eigenvalue weighted by atomic mass is 9.96. The average molecular weight is 310 g/mol. The summed E-state index contributed by atoms with van der Waals surface area (Å²) in [6.45, 7) is 3.27. The number of nitrogens with zero attached hydrogens (tertiary/aromatic N) is 5. The molecule has 1 aliphatic heterocycles. The Bertz CT molecular complexity index is 699. The number of hydrogen-bond donors (Lipinski definition) is 0. The molecule has 1 aliphatic carbocycles. The van der Waals surface area contributed by atoms with Gasteiger partial charge in [-0.3, -0.25) is 9.78 Å². The lowest BCUT2D eigenvalue weighted by Crippen LogP contribution is -2.36. The van der Waals surface area contributed by atoms with Gasteiger partial charge in [0.15, 0.2) is 5.82 Å². The molecule has 1 amide bonds. The molecule has 0 unspecified atom stereocenters. The van der Waals surface area contributed by atoms with Crippen molar-refractivity contribution in [3.63, 3.8) is 0 Å². The zero-order valence-corrected chi connectivity index (χ0v) is 13.3. The van der Waals surface area contributed by atoms with Gasteiger partial charge in [-0.15, -0.1) is 0 Å². The van der Waals surface area contributed by atoms with E-state index >= 15 is 0 Å². The Hall–Kier alpha value is -2.24. The first-order valence-corrected chi connectivity index (χ1v) is 8.26. The molecule has 2 fully saturated rings. The van der Waals surface area contributed by atoms with E-state index in [2.05, 4.69) is 15.7 Å². The van der Waals surface area contributed by atoms with E-state index in [1.54, 1.807) is 19.3 Å². The molecule has 0 spiro atoms. The minimum atomic E-state index is 0.165. The number of amides is 1. The molecule has 4 rings (SSSR count). The van der Waals surface area contributed by atoms with Crippen LogP contribution in [0.4, 0.5) is 0 Å². The van der Waals surface area contributed by atoms with Gasteiger partial charge in [0.25, 0.3) is 0 Å². The minimum absolute atomic E-state index is 0.165. The zero-order chi connectivity index (χ0) is 15.8. The SMILES string of the molecule is CC(=O)N1CCC(c2nc(-c3c[c]cnc3)nn2C2CC2)CC1. The second-order valence-electron chi connectivity index (χ2n) is 6.42. The average Bonchev–Trinajstić information content (AvgIpc) is 3.34. The number of piperidine rings is 1. The molecular formula is C17H20N5O. The second-order valence-corrected chi connectivity index (χ2v) is 6.42. The van der Waals surface area contributed by atoms with Gasteiger partial charge in [0.2, 0.25) is 5.91 Å². The van der Waals surface area contributed by atoms with Crippen LogP contribution < -0.4 is 0 Å². The Morgan fingerprint density at radius 3 is 2.65 bits per heavy atom. The van der Waals surface area contributed by atoms with E-state index in [4.69, 9.17) is 10.1 Å². The molecule has 3 heterocycles. The summed E-state index contributed by atoms with van der Waals surface area (Å²) in [6.07, 6.45) is 7.71. The van der Waals surface area contributed by atoms with E-state index in [1.807, 2.05) is 11.0 Å². The number of hydrogen-bond acceptors (Lipinski definition) is 4. The molecule has 119 valence electrons. The van der Waals surface area contributed by atoms with E-state index in [-0.39, 0.29) is 5.91 Å². The first kappa shape index (κ1) is 14.4. The maximum absolute atomic E-state index is 11.5. The topological polar surface area (TPSA) is 63.9 Å². The van der Waals surface area contributed by atoms with Crippen molar-refractivity contribution in [1.29, 1.82) is 0 Å². The molecule has 1 saturated carbocycles. The van der Waals surface area contributed by atoms with Crippen LogP contribution in [0.3, 0.4) is 0 Å². The molecule has 1 saturated heterocycles. The highest BCUT2D eigenvalue weighted by molar-refractivity contribution is 5.73. The highest BCUT2D eigenvalue weighted by Gasteiger charge is 2.33. The third-order valence-electron chi connectivity index (χ3n) is 4.72. The Labute approximate surface area is 135 Å². The van der Waals surface area contributed by atoms with E-state index in [1.165, 1.54) is 12.8 Å². The fraction of sp³-hybridized carbons (Fsp3) is 0.529. The largest absolute Gasteiger partial charge is 0.343 e. The summed E-state index contributed by atoms with van der Waals surface area (Å²) in [4.78, 5) is 22.4. The molecular weight excluding hydrogens is 290 g/mol. The van der Waals surface area contributed by atoms with Crippen LogP contribution >= 0.6 is 0 Å². The smallest absolute Gasteiger partial charge is 0.219 e. The predicted molar refractivity (Wildman–Crippen MR) is 84.6 cm³/mol. The van der Waals surface area contributed by atoms with Gasteiger partial charge in [0, 0.05) is 50.0 Å². The summed E-state index contributed by atoms with van der Waals surface area (Å²) >= 11 is 0. The van der Waals surface area contributed by atoms with Crippen LogP contribution in [0.5, 0.6) is 0 Å². The van der Waals surface area contributed by atoms with Gasteiger partial charge in [-0.1, -0.05) is 0 Å². The summed E-state index contributed by atoms with van der Waals surface area (Å²) in [6, 6.07) is 5.36. The Morgan fingerprint density at radius 1 is 1.26 bits per heavy atom. The van der Waals surface area contributed by atoms with Gasteiger partial charge in [0.1, 0.15) is 5.82 Å². The van der Waals surface area contributed by atoms with Crippen molar-refractivity contribution >= 4 is 5.91 Å². The molecule has 6 heteroatoms. The van der Waals surface area contributed by atoms with E-state index in [0.29, 0.717) is 12.0 Å². The summed E-state index contributed by atoms with van der Waals surface area (Å²) in [7, 11) is 0. The highest BCUT2D eigenvalue weighted by atomic mass is 16.2. The molecule has 2 aliphatic rings. The normalized spacial score (nSPS) is 19.1. The maximum atomic E-state index is 11.5. The van der Waals surface area contributed by atoms with Crippen LogP contribution in [0.1, 0.15) is 50.4 Å². The summed E-state index contributed by atoms with van der Waals surface area (Å²) in [5.74, 6) is 2.37. The predicted octanol–water partition coefficient (Wildman–Crippen LogP) is 2.20. The quantitative estimate of drug-likeness (QED) is 0.872. The standard InChI is InChI=1S/C17H20N5O/c1-12(23)21-9-6-13(7-10-21)17-19-16(14-3-2-8-18-11-14)20-22(17)15-4-5-15/h3,8,11,13,15H,4-7,9-10H2,1H3. The van der Waals surface area contributed by atoms with Gasteiger partial charge in [-0.25, -0.2) is 9.67 Å². The molecule has 0 N–H and O–H groups in total. The van der Waals surface area contributed by atoms with E-state index < -0.39 is 0 Å². The monoisotopic (exact) mass is 310 g/mol. The van der Waals surface area contributed by atoms with Gasteiger partial charge < -0.3 is 4.90 Å². The van der Waals surface area contributed by atoms with Crippen LogP contribution in [-0.4, -0.2) is 43.6 Å². The molecule has 0 atom stereocenters. The second kappa shape index (κ2) is 5.76. The highest BCUT2D eigenvalue weighted by Crippen LogP contribution is 2.39. The summed E-state index contributed by atoms with van der Waals surface area (Å²) in [5, 5.41) is 4.74. The van der Waals surface area contributed by atoms with Crippen molar-refractivity contribution in [3.8, 4) is 11.4 Å². The molecule has 1 radical (unpaired) electrons. The lowest BCUT2D eigenvalue weighted by Gasteiger charge is -2.30. The number of likely N-dealkylation sites (tertiary alicyclic amines) is 1. The summed E-state index contributed by atoms with van der Waals surface area (Å²) < 4.78 is 2.12. The van der Waals surface area contributed by atoms with Crippen molar-refractivity contribution in [3.05, 3.63) is 30.4 Å². The molecule has 0 bridgehead atoms. The minimum Gasteiger partial charge on any atom is -0.343 e. The van der Waals surface area contributed by atoms with Crippen molar-refractivity contribution in [2.75, 3.05) is 13.1 Å². The van der Waals surface area contributed by atoms with Crippen molar-refractivity contribution < 1.29 is 4.79 Å². The number of aromatic nitrogens is 4. The number of carbonyl (C=O) groups is 1. The Morgan fingerprint density at radius 2 is 2.04 bits per heavy atom.